The van der Waals surface area contributed by atoms with E-state index in [1.807, 2.05) is 28.8 Å². The smallest absolute Gasteiger partial charge is 0.185 e. The van der Waals surface area contributed by atoms with Crippen LogP contribution in [0.5, 0.6) is 0 Å². The third-order valence-corrected chi connectivity index (χ3v) is 4.29. The van der Waals surface area contributed by atoms with Gasteiger partial charge in [-0.15, -0.1) is 0 Å². The first kappa shape index (κ1) is 14.5. The average Bonchev–Trinajstić information content (AvgIpc) is 2.93. The van der Waals surface area contributed by atoms with Crippen LogP contribution in [0.15, 0.2) is 48.5 Å². The summed E-state index contributed by atoms with van der Waals surface area (Å²) in [4.78, 5) is 15.7. The number of benzene rings is 2. The Kier molecular flexibility index (Phi) is 4.05. The molecule has 0 aliphatic rings. The first-order valence-electron chi connectivity index (χ1n) is 7.72. The number of aromatic nitrogens is 2. The van der Waals surface area contributed by atoms with Gasteiger partial charge in [-0.3, -0.25) is 4.79 Å². The molecule has 0 unspecified atom stereocenters. The van der Waals surface area contributed by atoms with Gasteiger partial charge in [0.05, 0.1) is 11.0 Å². The third kappa shape index (κ3) is 2.67. The minimum absolute atomic E-state index is 0.479. The van der Waals surface area contributed by atoms with Gasteiger partial charge in [0.1, 0.15) is 0 Å². The summed E-state index contributed by atoms with van der Waals surface area (Å²) in [6, 6.07) is 16.5. The molecule has 0 fully saturated rings. The Morgan fingerprint density at radius 3 is 2.55 bits per heavy atom. The van der Waals surface area contributed by atoms with Crippen LogP contribution < -0.4 is 0 Å². The van der Waals surface area contributed by atoms with Crippen LogP contribution in [-0.2, 0) is 6.54 Å². The lowest BCUT2D eigenvalue weighted by Gasteiger charge is -2.11. The van der Waals surface area contributed by atoms with E-state index in [9.17, 15) is 4.79 Å². The van der Waals surface area contributed by atoms with Crippen LogP contribution >= 0.6 is 0 Å². The molecule has 1 atom stereocenters. The quantitative estimate of drug-likeness (QED) is 0.653. The van der Waals surface area contributed by atoms with Gasteiger partial charge >= 0.3 is 0 Å². The van der Waals surface area contributed by atoms with Crippen molar-refractivity contribution < 1.29 is 4.79 Å². The number of hydrogen-bond acceptors (Lipinski definition) is 2. The summed E-state index contributed by atoms with van der Waals surface area (Å²) >= 11 is 0. The zero-order valence-electron chi connectivity index (χ0n) is 13.0. The van der Waals surface area contributed by atoms with Gasteiger partial charge in [-0.25, -0.2) is 4.98 Å². The lowest BCUT2D eigenvalue weighted by atomic mass is 9.98. The molecule has 22 heavy (non-hydrogen) atoms. The lowest BCUT2D eigenvalue weighted by Crippen LogP contribution is -2.04. The molecule has 0 spiro atoms. The van der Waals surface area contributed by atoms with Gasteiger partial charge in [0.2, 0.25) is 0 Å². The number of rotatable bonds is 5. The molecule has 0 aliphatic carbocycles. The Bertz CT molecular complexity index is 787. The fraction of sp³-hybridized carbons (Fsp3) is 0.263. The lowest BCUT2D eigenvalue weighted by molar-refractivity contribution is 0.111. The van der Waals surface area contributed by atoms with Crippen molar-refractivity contribution >= 4 is 17.3 Å². The van der Waals surface area contributed by atoms with Crippen LogP contribution in [0.1, 0.15) is 47.9 Å². The average molecular weight is 292 g/mol. The van der Waals surface area contributed by atoms with E-state index in [4.69, 9.17) is 0 Å². The van der Waals surface area contributed by atoms with Crippen LogP contribution in [-0.4, -0.2) is 15.8 Å². The second kappa shape index (κ2) is 6.14. The fourth-order valence-electron chi connectivity index (χ4n) is 2.72. The van der Waals surface area contributed by atoms with Crippen molar-refractivity contribution in [2.75, 3.05) is 0 Å². The maximum absolute atomic E-state index is 11.3. The van der Waals surface area contributed by atoms with Gasteiger partial charge in [0.25, 0.3) is 0 Å². The highest BCUT2D eigenvalue weighted by molar-refractivity contribution is 5.83. The maximum Gasteiger partial charge on any atom is 0.185 e. The normalized spacial score (nSPS) is 12.5. The highest BCUT2D eigenvalue weighted by Gasteiger charge is 2.10. The van der Waals surface area contributed by atoms with Crippen molar-refractivity contribution in [3.05, 3.63) is 65.5 Å². The first-order valence-corrected chi connectivity index (χ1v) is 7.72. The predicted octanol–water partition coefficient (Wildman–Crippen LogP) is 4.41. The minimum Gasteiger partial charge on any atom is -0.317 e. The molecule has 3 aromatic rings. The molecule has 0 bridgehead atoms. The van der Waals surface area contributed by atoms with Gasteiger partial charge in [0.15, 0.2) is 12.1 Å². The molecule has 0 saturated carbocycles. The Morgan fingerprint density at radius 1 is 1.14 bits per heavy atom. The largest absolute Gasteiger partial charge is 0.317 e. The molecule has 0 amide bonds. The summed E-state index contributed by atoms with van der Waals surface area (Å²) in [7, 11) is 0. The number of aldehydes is 1. The number of imidazole rings is 1. The van der Waals surface area contributed by atoms with E-state index in [1.165, 1.54) is 11.1 Å². The summed E-state index contributed by atoms with van der Waals surface area (Å²) in [5.74, 6) is 1.06. The summed E-state index contributed by atoms with van der Waals surface area (Å²) < 4.78 is 1.97. The van der Waals surface area contributed by atoms with Gasteiger partial charge in [-0.2, -0.15) is 0 Å². The molecule has 3 nitrogen and oxygen atoms in total. The number of carbonyl (C=O) groups is 1. The van der Waals surface area contributed by atoms with E-state index >= 15 is 0 Å². The van der Waals surface area contributed by atoms with Crippen LogP contribution in [0, 0.1) is 0 Å². The monoisotopic (exact) mass is 292 g/mol. The Labute approximate surface area is 130 Å². The van der Waals surface area contributed by atoms with E-state index in [0.717, 1.165) is 23.7 Å². The van der Waals surface area contributed by atoms with Crippen molar-refractivity contribution in [3.63, 3.8) is 0 Å². The van der Waals surface area contributed by atoms with E-state index in [-0.39, 0.29) is 0 Å². The number of carbonyl (C=O) groups excluding carboxylic acids is 1. The number of nitrogens with zero attached hydrogens (tertiary/aromatic N) is 2. The fourth-order valence-corrected chi connectivity index (χ4v) is 2.72. The molecule has 1 aromatic heterocycles. The molecule has 2 aromatic carbocycles. The molecular formula is C19H20N2O. The molecule has 0 aliphatic heterocycles. The van der Waals surface area contributed by atoms with E-state index in [0.29, 0.717) is 18.3 Å². The Balaban J connectivity index is 1.94. The zero-order chi connectivity index (χ0) is 15.5. The Hall–Kier alpha value is -2.42. The number of para-hydroxylation sites is 2. The minimum atomic E-state index is 0.479. The topological polar surface area (TPSA) is 34.9 Å². The van der Waals surface area contributed by atoms with E-state index in [1.54, 1.807) is 0 Å². The van der Waals surface area contributed by atoms with Gasteiger partial charge in [0, 0.05) is 6.54 Å². The first-order chi connectivity index (χ1) is 10.7. The molecule has 3 rings (SSSR count). The number of hydrogen-bond donors (Lipinski definition) is 0. The molecule has 0 N–H and O–H groups in total. The molecule has 3 heteroatoms. The van der Waals surface area contributed by atoms with Crippen LogP contribution in [0.3, 0.4) is 0 Å². The maximum atomic E-state index is 11.3. The molecule has 0 radical (unpaired) electrons. The summed E-state index contributed by atoms with van der Waals surface area (Å²) in [5, 5.41) is 0. The molecule has 1 heterocycles. The molecule has 112 valence electrons. The zero-order valence-corrected chi connectivity index (χ0v) is 13.0. The van der Waals surface area contributed by atoms with E-state index in [2.05, 4.69) is 43.1 Å². The number of fused-ring (bicyclic) bond motifs is 1. The van der Waals surface area contributed by atoms with Crippen LogP contribution in [0.25, 0.3) is 11.0 Å². The van der Waals surface area contributed by atoms with E-state index < -0.39 is 0 Å². The van der Waals surface area contributed by atoms with Crippen molar-refractivity contribution in [2.45, 2.75) is 32.7 Å². The second-order valence-electron chi connectivity index (χ2n) is 5.71. The van der Waals surface area contributed by atoms with Crippen molar-refractivity contribution in [3.8, 4) is 0 Å². The van der Waals surface area contributed by atoms with Crippen molar-refractivity contribution in [2.24, 2.45) is 0 Å². The van der Waals surface area contributed by atoms with Crippen molar-refractivity contribution in [1.82, 2.24) is 9.55 Å². The summed E-state index contributed by atoms with van der Waals surface area (Å²) in [6.07, 6.45) is 1.97. The SMILES string of the molecule is CC[C@@H](C)c1ccc(Cn2c(C=O)nc3ccccc32)cc1. The highest BCUT2D eigenvalue weighted by Crippen LogP contribution is 2.21. The van der Waals surface area contributed by atoms with Crippen LogP contribution in [0.4, 0.5) is 0 Å². The molecule has 0 saturated heterocycles. The van der Waals surface area contributed by atoms with Crippen molar-refractivity contribution in [1.29, 1.82) is 0 Å². The summed E-state index contributed by atoms with van der Waals surface area (Å²) in [5.41, 5.74) is 4.40. The van der Waals surface area contributed by atoms with Gasteiger partial charge < -0.3 is 4.57 Å². The predicted molar refractivity (Wildman–Crippen MR) is 89.4 cm³/mol. The second-order valence-corrected chi connectivity index (χ2v) is 5.71. The Morgan fingerprint density at radius 2 is 1.86 bits per heavy atom. The molecular weight excluding hydrogens is 272 g/mol. The standard InChI is InChI=1S/C19H20N2O/c1-3-14(2)16-10-8-15(9-11-16)12-21-18-7-5-4-6-17(18)20-19(21)13-22/h4-11,13-14H,3,12H2,1-2H3/t14-/m1/s1. The van der Waals surface area contributed by atoms with Gasteiger partial charge in [-0.05, 0) is 35.6 Å². The summed E-state index contributed by atoms with van der Waals surface area (Å²) in [6.45, 7) is 5.10. The van der Waals surface area contributed by atoms with Crippen LogP contribution in [0.2, 0.25) is 0 Å². The third-order valence-electron chi connectivity index (χ3n) is 4.29. The highest BCUT2D eigenvalue weighted by atomic mass is 16.1. The van der Waals surface area contributed by atoms with Gasteiger partial charge in [-0.1, -0.05) is 50.2 Å².